The number of hydrogen-bond donors (Lipinski definition) is 1. The monoisotopic (exact) mass is 1440 g/mol. The number of nitrogens with one attached hydrogen (secondary N) is 1. The number of piperazine rings is 1. The lowest BCUT2D eigenvalue weighted by Gasteiger charge is -2.51. The van der Waals surface area contributed by atoms with Crippen molar-refractivity contribution in [3.05, 3.63) is 35.9 Å². The van der Waals surface area contributed by atoms with E-state index < -0.39 is 275 Å². The topological polar surface area (TPSA) is 82.2 Å². The molecule has 1 N–H and O–H groups in total. The molecule has 0 spiro atoms. The normalized spacial score (nSPS) is 11.2. The summed E-state index contributed by atoms with van der Waals surface area (Å²) in [4.78, 5) is 37.9. The summed E-state index contributed by atoms with van der Waals surface area (Å²) in [7, 11) is 300. The van der Waals surface area contributed by atoms with Crippen LogP contribution in [-0.4, -0.2) is 753 Å². The lowest BCUT2D eigenvalue weighted by atomic mass is 8.30. The standard InChI is InChI=1S/C9H11NO.C7H14N2O.C6H11NO2.B32.B31.B30/c1-8(11)10-7-9-5-3-2-4-6-9;1-7(10)9-5-3-8(2)4-6-9;1-6(8)7-2-4-9-5-3-7;1-18(2)26(17)30(25(15)16)32(29(23(11)12)24(13)14)31(27(19(3)4)20(5)6)28(21(7)8)22(9)10;1-17-25(16)29(24(14)15)31(28(22(10)11)23(12)13)30(26(18(2)3)19(4)5)27(20(6)7)21(8)9;1-17(2)25(18(3)4)29(26(19(5)6)20(7)8)30(27(21(9)10)22(11)12)28(23(13)14)24(15)16/h2-6H,7H2,1H3,(H,10,11);3-6H2,1-2H3;2-5H2,1H3;;;. The van der Waals surface area contributed by atoms with E-state index in [1.807, 2.05) is 35.2 Å². The minimum atomic E-state index is -1.11. The van der Waals surface area contributed by atoms with Crippen molar-refractivity contribution >= 4 is 678 Å². The van der Waals surface area contributed by atoms with Crippen LogP contribution in [0.5, 0.6) is 0 Å². The molecule has 447 valence electrons. The number of likely N-dealkylation sites (N-methyl/N-ethyl adjacent to an activating group) is 1. The Labute approximate surface area is 832 Å². The van der Waals surface area contributed by atoms with Gasteiger partial charge in [-0.3, -0.25) is 14.4 Å². The number of carbonyl (C=O) groups is 3. The maximum Gasteiger partial charge on any atom is 0.219 e. The van der Waals surface area contributed by atoms with E-state index in [-0.39, 0.29) is 17.7 Å². The third-order valence-corrected chi connectivity index (χ3v) is 22.8. The minimum Gasteiger partial charge on any atom is -0.378 e. The molecule has 3 rings (SSSR count). The number of hydrogen-bond acceptors (Lipinski definition) is 5. The van der Waals surface area contributed by atoms with E-state index in [1.54, 1.807) is 18.7 Å². The van der Waals surface area contributed by atoms with Gasteiger partial charge in [-0.25, -0.2) is 0 Å². The van der Waals surface area contributed by atoms with E-state index in [2.05, 4.69) is 17.3 Å². The van der Waals surface area contributed by atoms with Gasteiger partial charge in [0, 0.05) is 727 Å². The highest BCUT2D eigenvalue weighted by atomic mass is 16.5. The van der Waals surface area contributed by atoms with Crippen molar-refractivity contribution in [2.24, 2.45) is 0 Å². The molecular weight excluding hydrogens is 1390 g/mol. The molecule has 3 amide bonds. The summed E-state index contributed by atoms with van der Waals surface area (Å²) in [6.07, 6.45) is -42.3. The zero-order valence-electron chi connectivity index (χ0n) is 72.4. The van der Waals surface area contributed by atoms with Gasteiger partial charge in [0.1, 0.15) is 0 Å². The second-order valence-corrected chi connectivity index (χ2v) is 32.3. The number of rotatable bonds is 43. The predicted octanol–water partition coefficient (Wildman–Crippen LogP) is -34.4. The Balaban J connectivity index is -0.00000149. The Morgan fingerprint density at radius 1 is 0.285 bits per heavy atom. The first-order valence-electron chi connectivity index (χ1n) is 40.3. The quantitative estimate of drug-likeness (QED) is 0.0659. The maximum absolute atomic E-state index is 10.8. The molecule has 123 heavy (non-hydrogen) atoms. The van der Waals surface area contributed by atoms with Crippen LogP contribution in [0.3, 0.4) is 0 Å². The lowest BCUT2D eigenvalue weighted by Crippen LogP contribution is -2.89. The van der Waals surface area contributed by atoms with Crippen LogP contribution in [0.15, 0.2) is 30.3 Å². The van der Waals surface area contributed by atoms with Crippen LogP contribution >= 0.6 is 0 Å². The number of ether oxygens (including phenoxy) is 1. The number of carbonyl (C=O) groups excluding carboxylic acids is 3. The second kappa shape index (κ2) is 67.0. The number of morpholine rings is 1. The average Bonchev–Trinajstić information content (AvgIpc) is 0.774. The zero-order valence-corrected chi connectivity index (χ0v) is 72.4. The van der Waals surface area contributed by atoms with Gasteiger partial charge in [0.25, 0.3) is 0 Å². The highest BCUT2D eigenvalue weighted by Gasteiger charge is 2.57. The predicted molar refractivity (Wildman–Crippen MR) is 652 cm³/mol. The fraction of sp³-hybridized carbons (Fsp3) is 0.591. The van der Waals surface area contributed by atoms with Crippen LogP contribution < -0.4 is 5.32 Å². The Kier molecular flexibility index (Phi) is 71.2. The van der Waals surface area contributed by atoms with Gasteiger partial charge in [0.15, 0.2) is 0 Å². The molecule has 101 heteroatoms. The van der Waals surface area contributed by atoms with Gasteiger partial charge in [-0.1, -0.05) is 30.3 Å². The second-order valence-electron chi connectivity index (χ2n) is 32.3. The highest BCUT2D eigenvalue weighted by molar-refractivity contribution is 8.32. The van der Waals surface area contributed by atoms with E-state index in [1.165, 1.54) is 14.0 Å². The summed E-state index contributed by atoms with van der Waals surface area (Å²) in [6, 6.07) is 9.83. The molecule has 0 bridgehead atoms. The lowest BCUT2D eigenvalue weighted by molar-refractivity contribution is -0.133. The molecule has 99 radical (unpaired) electrons. The van der Waals surface area contributed by atoms with Gasteiger partial charge in [0.2, 0.25) is 17.7 Å². The van der Waals surface area contributed by atoms with E-state index >= 15 is 0 Å². The summed E-state index contributed by atoms with van der Waals surface area (Å²) >= 11 is 0. The van der Waals surface area contributed by atoms with Crippen molar-refractivity contribution in [1.29, 1.82) is 0 Å². The molecule has 0 atom stereocenters. The van der Waals surface area contributed by atoms with Crippen molar-refractivity contribution in [3.8, 4) is 0 Å². The molecule has 0 aromatic heterocycles. The Bertz CT molecular complexity index is 2650. The van der Waals surface area contributed by atoms with E-state index in [0.29, 0.717) is 19.8 Å². The molecule has 2 aliphatic heterocycles. The van der Waals surface area contributed by atoms with Crippen molar-refractivity contribution in [1.82, 2.24) is 20.0 Å². The van der Waals surface area contributed by atoms with Gasteiger partial charge >= 0.3 is 0 Å². The van der Waals surface area contributed by atoms with Crippen molar-refractivity contribution in [2.45, 2.75) is 27.3 Å². The van der Waals surface area contributed by atoms with Gasteiger partial charge in [-0.05, 0) is 12.6 Å². The number of nitrogens with zero attached hydrogens (tertiary/aromatic N) is 3. The average molecular weight is 1430 g/mol. The summed E-state index contributed by atoms with van der Waals surface area (Å²) in [5, 5.41) is 2.72. The molecule has 2 fully saturated rings. The molecule has 0 unspecified atom stereocenters. The van der Waals surface area contributed by atoms with Crippen LogP contribution in [-0.2, 0) is 25.7 Å². The molecule has 2 saturated heterocycles. The third kappa shape index (κ3) is 45.8. The molecule has 1 aromatic carbocycles. The summed E-state index contributed by atoms with van der Waals surface area (Å²) in [5.74, 6) is 0.361. The van der Waals surface area contributed by atoms with Gasteiger partial charge < -0.3 is 24.8 Å². The van der Waals surface area contributed by atoms with Crippen LogP contribution in [0.25, 0.3) is 0 Å². The van der Waals surface area contributed by atoms with Crippen LogP contribution in [0.1, 0.15) is 26.3 Å². The van der Waals surface area contributed by atoms with Crippen LogP contribution in [0.4, 0.5) is 0 Å². The molecule has 8 nitrogen and oxygen atoms in total. The fourth-order valence-corrected chi connectivity index (χ4v) is 17.1. The van der Waals surface area contributed by atoms with E-state index in [0.717, 1.165) is 44.8 Å². The van der Waals surface area contributed by atoms with Crippen molar-refractivity contribution < 1.29 is 19.1 Å². The molecule has 2 aliphatic rings. The number of amides is 3. The summed E-state index contributed by atoms with van der Waals surface area (Å²) < 4.78 is 5.06. The zero-order chi connectivity index (χ0) is 96.9. The molecular formula is C22H36B93N4O4. The smallest absolute Gasteiger partial charge is 0.219 e. The Morgan fingerprint density at radius 2 is 0.480 bits per heavy atom. The number of benzene rings is 1. The largest absolute Gasteiger partial charge is 0.378 e. The Morgan fingerprint density at radius 3 is 0.650 bits per heavy atom. The highest BCUT2D eigenvalue weighted by Crippen LogP contribution is 2.19. The van der Waals surface area contributed by atoms with E-state index in [9.17, 15) is 14.4 Å². The third-order valence-electron chi connectivity index (χ3n) is 22.8. The Hall–Kier alpha value is 3.59. The first kappa shape index (κ1) is 131. The summed E-state index contributed by atoms with van der Waals surface area (Å²) in [5.41, 5.74) is 1.13. The maximum atomic E-state index is 10.8. The summed E-state index contributed by atoms with van der Waals surface area (Å²) in [6.45, 7) is 12.1. The molecule has 0 saturated carbocycles. The van der Waals surface area contributed by atoms with Crippen molar-refractivity contribution in [2.75, 3.05) is 59.5 Å². The first-order chi connectivity index (χ1) is 56.5. The fourth-order valence-electron chi connectivity index (χ4n) is 17.1. The minimum absolute atomic E-state index is 0.00820. The van der Waals surface area contributed by atoms with Gasteiger partial charge in [0.05, 0.1) is 13.2 Å². The molecule has 2 heterocycles. The van der Waals surface area contributed by atoms with E-state index in [4.69, 9.17) is 384 Å². The van der Waals surface area contributed by atoms with Gasteiger partial charge in [-0.15, -0.1) is 0 Å². The first-order valence-corrected chi connectivity index (χ1v) is 40.3. The van der Waals surface area contributed by atoms with Crippen molar-refractivity contribution in [3.63, 3.8) is 0 Å². The SMILES string of the molecule is CC(=O)N1CCN(C)CC1.CC(=O)N1CCOCC1.CC(=O)NCc1ccccc1.[B]B([B])B(B([B])[B])B(B(B([B])[B])B([B])[B])B(B(B([B])[B])B([B])[B])B(B([B])[B])B([B])[B].[B]B([B])B([B])B(B([B])[B])B(B(B([B])[B])B([B])[B])B(B(B([B])[B])B([B])[B])B(B([B])[B])B([B])[B].[B][B]B([B])B(B([B])[B])B(B(B([B])[B])B([B])[B])B(B(B([B])[B])B([B])[B])B(B([B])[B])B([B])[B]. The van der Waals surface area contributed by atoms with Gasteiger partial charge in [-0.2, -0.15) is 0 Å². The molecule has 1 aromatic rings. The van der Waals surface area contributed by atoms with Crippen LogP contribution in [0.2, 0.25) is 0 Å². The van der Waals surface area contributed by atoms with Crippen LogP contribution in [0, 0.1) is 0 Å². The molecule has 0 aliphatic carbocycles.